The summed E-state index contributed by atoms with van der Waals surface area (Å²) in [5.41, 5.74) is 2.19. The highest BCUT2D eigenvalue weighted by Gasteiger charge is 2.28. The summed E-state index contributed by atoms with van der Waals surface area (Å²) in [6.45, 7) is 6.35. The summed E-state index contributed by atoms with van der Waals surface area (Å²) in [6, 6.07) is 10.2. The number of nitrogens with zero attached hydrogens (tertiary/aromatic N) is 5. The molecule has 0 aliphatic carbocycles. The predicted molar refractivity (Wildman–Crippen MR) is 123 cm³/mol. The van der Waals surface area contributed by atoms with E-state index in [2.05, 4.69) is 33.4 Å². The lowest BCUT2D eigenvalue weighted by molar-refractivity contribution is 0.195. The molecule has 164 valence electrons. The summed E-state index contributed by atoms with van der Waals surface area (Å²) in [4.78, 5) is 11.6. The first-order valence-electron chi connectivity index (χ1n) is 10.5. The second-order valence-electron chi connectivity index (χ2n) is 8.47. The van der Waals surface area contributed by atoms with Crippen LogP contribution in [-0.4, -0.2) is 53.2 Å². The molecule has 1 aliphatic rings. The number of piperidine rings is 1. The number of hydrogen-bond acceptors (Lipinski definition) is 5. The largest absolute Gasteiger partial charge is 0.330 e. The van der Waals surface area contributed by atoms with E-state index in [4.69, 9.17) is 0 Å². The van der Waals surface area contributed by atoms with E-state index in [1.807, 2.05) is 20.2 Å². The average molecular weight is 440 g/mol. The Bertz CT molecular complexity index is 1190. The molecule has 0 amide bonds. The zero-order valence-electron chi connectivity index (χ0n) is 18.4. The molecule has 31 heavy (non-hydrogen) atoms. The Morgan fingerprint density at radius 3 is 2.65 bits per heavy atom. The molecule has 4 rings (SSSR count). The molecule has 1 saturated heterocycles. The van der Waals surface area contributed by atoms with Gasteiger partial charge in [-0.15, -0.1) is 0 Å². The molecule has 0 bridgehead atoms. The zero-order chi connectivity index (χ0) is 22.2. The van der Waals surface area contributed by atoms with Crippen LogP contribution >= 0.6 is 0 Å². The van der Waals surface area contributed by atoms with Gasteiger partial charge in [-0.2, -0.15) is 0 Å². The molecule has 3 aromatic rings. The standard InChI is InChI=1S/C23H29N5O2S/c1-17-7-9-19(10-8-17)31(29,30)28-12-5-6-22(28)25-15-23-24-14-21(27(23)4)20-16-26(3)13-11-18(20)2/h5-10,12,14-15,18,20H,11,13,16H2,1-4H3/b25-15-. The van der Waals surface area contributed by atoms with Crippen LogP contribution < -0.4 is 0 Å². The fraction of sp³-hybridized carbons (Fsp3) is 0.391. The van der Waals surface area contributed by atoms with Crippen molar-refractivity contribution in [3.8, 4) is 0 Å². The van der Waals surface area contributed by atoms with Gasteiger partial charge in [0.15, 0.2) is 5.82 Å². The Balaban J connectivity index is 1.61. The first kappa shape index (κ1) is 21.5. The van der Waals surface area contributed by atoms with Gasteiger partial charge in [0.25, 0.3) is 10.0 Å². The Labute approximate surface area is 184 Å². The monoisotopic (exact) mass is 439 g/mol. The SMILES string of the molecule is Cc1ccc(S(=O)(=O)n2cccc2/N=C\c2ncc(C3CN(C)CCC3C)n2C)cc1. The molecule has 1 aliphatic heterocycles. The minimum absolute atomic E-state index is 0.237. The van der Waals surface area contributed by atoms with Crippen LogP contribution in [0.3, 0.4) is 0 Å². The lowest BCUT2D eigenvalue weighted by Crippen LogP contribution is -2.36. The molecular weight excluding hydrogens is 410 g/mol. The number of aryl methyl sites for hydroxylation is 1. The topological polar surface area (TPSA) is 72.5 Å². The molecular formula is C23H29N5O2S. The molecule has 8 heteroatoms. The van der Waals surface area contributed by atoms with Crippen molar-refractivity contribution in [1.29, 1.82) is 0 Å². The smallest absolute Gasteiger partial charge is 0.269 e. The summed E-state index contributed by atoms with van der Waals surface area (Å²) >= 11 is 0. The molecule has 0 saturated carbocycles. The van der Waals surface area contributed by atoms with Crippen molar-refractivity contribution in [2.75, 3.05) is 20.1 Å². The van der Waals surface area contributed by atoms with E-state index in [9.17, 15) is 8.42 Å². The molecule has 0 radical (unpaired) electrons. The lowest BCUT2D eigenvalue weighted by Gasteiger charge is -2.35. The second-order valence-corrected chi connectivity index (χ2v) is 10.3. The Kier molecular flexibility index (Phi) is 5.85. The van der Waals surface area contributed by atoms with E-state index in [1.54, 1.807) is 42.6 Å². The number of likely N-dealkylation sites (N-methyl/N-ethyl adjacent to an activating group) is 1. The van der Waals surface area contributed by atoms with E-state index >= 15 is 0 Å². The van der Waals surface area contributed by atoms with Crippen LogP contribution in [0.1, 0.15) is 36.3 Å². The van der Waals surface area contributed by atoms with Gasteiger partial charge in [-0.3, -0.25) is 0 Å². The van der Waals surface area contributed by atoms with Crippen LogP contribution in [0.4, 0.5) is 5.82 Å². The molecule has 0 N–H and O–H groups in total. The normalized spacial score (nSPS) is 20.5. The van der Waals surface area contributed by atoms with Crippen molar-refractivity contribution in [3.63, 3.8) is 0 Å². The highest BCUT2D eigenvalue weighted by molar-refractivity contribution is 7.90. The van der Waals surface area contributed by atoms with Gasteiger partial charge < -0.3 is 9.47 Å². The first-order chi connectivity index (χ1) is 14.8. The number of likely N-dealkylation sites (tertiary alicyclic amines) is 1. The third-order valence-corrected chi connectivity index (χ3v) is 7.88. The van der Waals surface area contributed by atoms with Gasteiger partial charge in [0, 0.05) is 37.6 Å². The molecule has 7 nitrogen and oxygen atoms in total. The highest BCUT2D eigenvalue weighted by atomic mass is 32.2. The van der Waals surface area contributed by atoms with Crippen molar-refractivity contribution >= 4 is 22.1 Å². The summed E-state index contributed by atoms with van der Waals surface area (Å²) in [5, 5.41) is 0. The van der Waals surface area contributed by atoms with Crippen LogP contribution in [-0.2, 0) is 17.1 Å². The van der Waals surface area contributed by atoms with Gasteiger partial charge in [-0.1, -0.05) is 24.6 Å². The lowest BCUT2D eigenvalue weighted by atomic mass is 9.85. The summed E-state index contributed by atoms with van der Waals surface area (Å²) in [5.74, 6) is 2.06. The van der Waals surface area contributed by atoms with E-state index in [0.29, 0.717) is 23.5 Å². The third-order valence-electron chi connectivity index (χ3n) is 6.18. The van der Waals surface area contributed by atoms with E-state index in [-0.39, 0.29) is 4.90 Å². The van der Waals surface area contributed by atoms with Crippen molar-refractivity contribution in [1.82, 2.24) is 18.4 Å². The number of hydrogen-bond donors (Lipinski definition) is 0. The maximum absolute atomic E-state index is 13.0. The van der Waals surface area contributed by atoms with Crippen molar-refractivity contribution in [3.05, 3.63) is 65.9 Å². The molecule has 2 unspecified atom stereocenters. The molecule has 2 atom stereocenters. The molecule has 1 aromatic carbocycles. The summed E-state index contributed by atoms with van der Waals surface area (Å²) in [7, 11) is 0.433. The van der Waals surface area contributed by atoms with Gasteiger partial charge >= 0.3 is 0 Å². The maximum atomic E-state index is 13.0. The number of benzene rings is 1. The van der Waals surface area contributed by atoms with Gasteiger partial charge in [0.1, 0.15) is 5.82 Å². The van der Waals surface area contributed by atoms with Crippen LogP contribution in [0.15, 0.2) is 58.7 Å². The minimum Gasteiger partial charge on any atom is -0.330 e. The number of imidazole rings is 1. The quantitative estimate of drug-likeness (QED) is 0.570. The van der Waals surface area contributed by atoms with Gasteiger partial charge in [-0.25, -0.2) is 22.4 Å². The van der Waals surface area contributed by atoms with Crippen LogP contribution in [0.5, 0.6) is 0 Å². The van der Waals surface area contributed by atoms with Crippen molar-refractivity contribution < 1.29 is 8.42 Å². The number of aromatic nitrogens is 3. The van der Waals surface area contributed by atoms with E-state index in [0.717, 1.165) is 18.7 Å². The van der Waals surface area contributed by atoms with Crippen molar-refractivity contribution in [2.45, 2.75) is 31.1 Å². The molecule has 2 aromatic heterocycles. The fourth-order valence-electron chi connectivity index (χ4n) is 4.13. The van der Waals surface area contributed by atoms with Gasteiger partial charge in [0.05, 0.1) is 11.1 Å². The zero-order valence-corrected chi connectivity index (χ0v) is 19.2. The highest BCUT2D eigenvalue weighted by Crippen LogP contribution is 2.31. The number of aliphatic imine (C=N–C) groups is 1. The fourth-order valence-corrected chi connectivity index (χ4v) is 5.42. The number of rotatable bonds is 5. The van der Waals surface area contributed by atoms with Crippen LogP contribution in [0, 0.1) is 12.8 Å². The summed E-state index contributed by atoms with van der Waals surface area (Å²) < 4.78 is 29.4. The predicted octanol–water partition coefficient (Wildman–Crippen LogP) is 3.57. The second kappa shape index (κ2) is 8.43. The average Bonchev–Trinajstić information content (AvgIpc) is 3.36. The van der Waals surface area contributed by atoms with Gasteiger partial charge in [0.2, 0.25) is 0 Å². The first-order valence-corrected chi connectivity index (χ1v) is 11.9. The third kappa shape index (κ3) is 4.22. The van der Waals surface area contributed by atoms with Gasteiger partial charge in [-0.05, 0) is 57.1 Å². The molecule has 0 spiro atoms. The van der Waals surface area contributed by atoms with E-state index in [1.165, 1.54) is 22.3 Å². The minimum atomic E-state index is -3.71. The van der Waals surface area contributed by atoms with E-state index < -0.39 is 10.0 Å². The Morgan fingerprint density at radius 2 is 1.90 bits per heavy atom. The van der Waals surface area contributed by atoms with Crippen molar-refractivity contribution in [2.24, 2.45) is 18.0 Å². The van der Waals surface area contributed by atoms with Crippen LogP contribution in [0.2, 0.25) is 0 Å². The Morgan fingerprint density at radius 1 is 1.16 bits per heavy atom. The molecule has 3 heterocycles. The summed E-state index contributed by atoms with van der Waals surface area (Å²) in [6.07, 6.45) is 6.24. The maximum Gasteiger partial charge on any atom is 0.269 e. The Hall–Kier alpha value is -2.71. The van der Waals surface area contributed by atoms with Crippen LogP contribution in [0.25, 0.3) is 0 Å². The molecule has 1 fully saturated rings.